The summed E-state index contributed by atoms with van der Waals surface area (Å²) in [5.41, 5.74) is 0. The maximum Gasteiger partial charge on any atom is 0.707 e. The fourth-order valence-corrected chi connectivity index (χ4v) is 0.824. The summed E-state index contributed by atoms with van der Waals surface area (Å²) in [5.74, 6) is 0.456. The Bertz CT molecular complexity index is 268. The van der Waals surface area contributed by atoms with Gasteiger partial charge in [0.15, 0.2) is 5.75 Å². The summed E-state index contributed by atoms with van der Waals surface area (Å²) in [5, 5.41) is 17.1. The number of ether oxygens (including phenoxy) is 1. The first-order valence-corrected chi connectivity index (χ1v) is 3.84. The van der Waals surface area contributed by atoms with Crippen molar-refractivity contribution in [1.29, 1.82) is 0 Å². The highest BCUT2D eigenvalue weighted by atomic mass is 16.6. The molecule has 0 spiro atoms. The Hall–Kier alpha value is -1.27. The van der Waals surface area contributed by atoms with Crippen molar-refractivity contribution in [1.82, 2.24) is 4.98 Å². The number of hydrogen-bond donors (Lipinski definition) is 2. The van der Waals surface area contributed by atoms with E-state index in [1.165, 1.54) is 12.3 Å². The van der Waals surface area contributed by atoms with Crippen molar-refractivity contribution >= 4 is 7.32 Å². The van der Waals surface area contributed by atoms with E-state index in [9.17, 15) is 0 Å². The van der Waals surface area contributed by atoms with Crippen LogP contribution < -0.4 is 9.39 Å². The van der Waals surface area contributed by atoms with Gasteiger partial charge in [-0.3, -0.25) is 0 Å². The monoisotopic (exact) mass is 183 g/mol. The predicted octanol–water partition coefficient (Wildman–Crippen LogP) is -0.171. The first kappa shape index (κ1) is 9.82. The molecule has 70 valence electrons. The van der Waals surface area contributed by atoms with E-state index >= 15 is 0 Å². The summed E-state index contributed by atoms with van der Waals surface area (Å²) < 4.78 is 9.70. The topological polar surface area (TPSA) is 71.8 Å². The van der Waals surface area contributed by atoms with Crippen LogP contribution in [0.25, 0.3) is 0 Å². The zero-order valence-electron chi connectivity index (χ0n) is 7.17. The number of hydrogen-bond acceptors (Lipinski definition) is 5. The first-order valence-electron chi connectivity index (χ1n) is 3.84. The van der Waals surface area contributed by atoms with E-state index in [4.69, 9.17) is 14.8 Å². The van der Waals surface area contributed by atoms with Crippen molar-refractivity contribution in [2.75, 3.05) is 6.61 Å². The molecule has 0 amide bonds. The minimum Gasteiger partial charge on any atom is -0.508 e. The maximum absolute atomic E-state index is 8.55. The summed E-state index contributed by atoms with van der Waals surface area (Å²) >= 11 is 0. The van der Waals surface area contributed by atoms with Gasteiger partial charge >= 0.3 is 7.32 Å². The summed E-state index contributed by atoms with van der Waals surface area (Å²) in [7, 11) is -1.86. The molecule has 1 rings (SSSR count). The second kappa shape index (κ2) is 4.69. The smallest absolute Gasteiger partial charge is 0.508 e. The molecule has 2 N–H and O–H groups in total. The molecule has 1 aromatic heterocycles. The third kappa shape index (κ3) is 2.92. The highest BCUT2D eigenvalue weighted by Crippen LogP contribution is 2.23. The van der Waals surface area contributed by atoms with Crippen LogP contribution in [0.5, 0.6) is 11.6 Å². The van der Waals surface area contributed by atoms with Crippen LogP contribution in [-0.4, -0.2) is 29.0 Å². The third-order valence-corrected chi connectivity index (χ3v) is 1.25. The Morgan fingerprint density at radius 1 is 1.54 bits per heavy atom. The van der Waals surface area contributed by atoms with E-state index in [2.05, 4.69) is 9.64 Å². The van der Waals surface area contributed by atoms with E-state index in [1.807, 2.05) is 0 Å². The van der Waals surface area contributed by atoms with Crippen LogP contribution >= 0.6 is 0 Å². The predicted molar refractivity (Wildman–Crippen MR) is 46.2 cm³/mol. The Morgan fingerprint density at radius 3 is 2.92 bits per heavy atom. The molecule has 5 nitrogen and oxygen atoms in total. The fraction of sp³-hybridized carbons (Fsp3) is 0.286. The molecular formula is C7H10BNO4. The van der Waals surface area contributed by atoms with Gasteiger partial charge in [-0.25, -0.2) is 4.98 Å². The van der Waals surface area contributed by atoms with Crippen LogP contribution in [-0.2, 0) is 0 Å². The van der Waals surface area contributed by atoms with Gasteiger partial charge in [0.05, 0.1) is 6.61 Å². The van der Waals surface area contributed by atoms with Gasteiger partial charge in [-0.15, -0.1) is 0 Å². The molecule has 0 radical (unpaired) electrons. The summed E-state index contributed by atoms with van der Waals surface area (Å²) in [4.78, 5) is 3.85. The molecule has 0 aliphatic heterocycles. The van der Waals surface area contributed by atoms with Crippen LogP contribution in [0.3, 0.4) is 0 Å². The lowest BCUT2D eigenvalue weighted by molar-refractivity contribution is 0.267. The molecule has 0 aliphatic carbocycles. The number of rotatable bonds is 4. The van der Waals surface area contributed by atoms with E-state index in [-0.39, 0.29) is 11.6 Å². The molecule has 0 saturated carbocycles. The first-order chi connectivity index (χ1) is 6.24. The van der Waals surface area contributed by atoms with Crippen molar-refractivity contribution in [2.24, 2.45) is 0 Å². The van der Waals surface area contributed by atoms with Gasteiger partial charge in [-0.05, 0) is 19.1 Å². The lowest BCUT2D eigenvalue weighted by atomic mass is 10.2. The minimum atomic E-state index is -1.86. The highest BCUT2D eigenvalue weighted by Gasteiger charge is 2.15. The van der Waals surface area contributed by atoms with Crippen molar-refractivity contribution in [2.45, 2.75) is 6.92 Å². The quantitative estimate of drug-likeness (QED) is 0.634. The highest BCUT2D eigenvalue weighted by molar-refractivity contribution is 6.33. The van der Waals surface area contributed by atoms with Crippen LogP contribution in [0.15, 0.2) is 18.3 Å². The van der Waals surface area contributed by atoms with Gasteiger partial charge in [0, 0.05) is 6.20 Å². The van der Waals surface area contributed by atoms with Crippen molar-refractivity contribution in [3.05, 3.63) is 18.3 Å². The Balaban J connectivity index is 2.78. The van der Waals surface area contributed by atoms with Gasteiger partial charge in [0.25, 0.3) is 5.88 Å². The van der Waals surface area contributed by atoms with Crippen molar-refractivity contribution < 1.29 is 19.4 Å². The summed E-state index contributed by atoms with van der Waals surface area (Å²) in [6.45, 7) is 2.24. The van der Waals surface area contributed by atoms with Crippen LogP contribution in [0, 0.1) is 0 Å². The standard InChI is InChI=1S/C7H10BNO4/c1-2-12-7-6(13-8(10)11)4-3-5-9-7/h3-5,10-11H,2H2,1H3. The zero-order valence-corrected chi connectivity index (χ0v) is 7.17. The molecule has 6 heteroatoms. The lowest BCUT2D eigenvalue weighted by Gasteiger charge is -2.08. The van der Waals surface area contributed by atoms with Gasteiger partial charge in [-0.2, -0.15) is 0 Å². The molecular weight excluding hydrogens is 173 g/mol. The molecule has 0 fully saturated rings. The largest absolute Gasteiger partial charge is 0.707 e. The van der Waals surface area contributed by atoms with E-state index in [0.29, 0.717) is 6.61 Å². The SMILES string of the molecule is CCOc1ncccc1OB(O)O. The number of nitrogens with zero attached hydrogens (tertiary/aromatic N) is 1. The molecule has 0 unspecified atom stereocenters. The zero-order chi connectivity index (χ0) is 9.68. The number of aromatic nitrogens is 1. The summed E-state index contributed by atoms with van der Waals surface area (Å²) in [6, 6.07) is 3.15. The average Bonchev–Trinajstić information content (AvgIpc) is 2.08. The normalized spacial score (nSPS) is 9.46. The molecule has 0 saturated heterocycles. The second-order valence-electron chi connectivity index (χ2n) is 2.18. The van der Waals surface area contributed by atoms with Crippen LogP contribution in [0.1, 0.15) is 6.92 Å². The maximum atomic E-state index is 8.55. The van der Waals surface area contributed by atoms with E-state index in [1.54, 1.807) is 13.0 Å². The summed E-state index contributed by atoms with van der Waals surface area (Å²) in [6.07, 6.45) is 1.53. The molecule has 1 heterocycles. The van der Waals surface area contributed by atoms with Gasteiger partial charge in [0.2, 0.25) is 0 Å². The average molecular weight is 183 g/mol. The van der Waals surface area contributed by atoms with Gasteiger partial charge in [-0.1, -0.05) is 0 Å². The van der Waals surface area contributed by atoms with E-state index in [0.717, 1.165) is 0 Å². The Labute approximate surface area is 76.1 Å². The van der Waals surface area contributed by atoms with Crippen LogP contribution in [0.4, 0.5) is 0 Å². The minimum absolute atomic E-state index is 0.208. The third-order valence-electron chi connectivity index (χ3n) is 1.25. The molecule has 13 heavy (non-hydrogen) atoms. The molecule has 0 aliphatic rings. The number of pyridine rings is 1. The molecule has 0 atom stereocenters. The Morgan fingerprint density at radius 2 is 2.31 bits per heavy atom. The van der Waals surface area contributed by atoms with Crippen molar-refractivity contribution in [3.8, 4) is 11.6 Å². The van der Waals surface area contributed by atoms with Crippen molar-refractivity contribution in [3.63, 3.8) is 0 Å². The second-order valence-corrected chi connectivity index (χ2v) is 2.18. The molecule has 1 aromatic rings. The van der Waals surface area contributed by atoms with Gasteiger partial charge < -0.3 is 19.4 Å². The Kier molecular flexibility index (Phi) is 3.54. The molecule has 0 aromatic carbocycles. The lowest BCUT2D eigenvalue weighted by Crippen LogP contribution is -2.21. The fourth-order valence-electron chi connectivity index (χ4n) is 0.824. The van der Waals surface area contributed by atoms with Gasteiger partial charge in [0.1, 0.15) is 0 Å². The van der Waals surface area contributed by atoms with Crippen LogP contribution in [0.2, 0.25) is 0 Å². The molecule has 0 bridgehead atoms. The van der Waals surface area contributed by atoms with E-state index < -0.39 is 7.32 Å².